The number of rotatable bonds is 6. The first-order chi connectivity index (χ1) is 8.19. The van der Waals surface area contributed by atoms with Crippen molar-refractivity contribution in [2.75, 3.05) is 26.8 Å². The van der Waals surface area contributed by atoms with Gasteiger partial charge in [-0.05, 0) is 32.2 Å². The molecular weight excluding hydrogens is 212 g/mol. The van der Waals surface area contributed by atoms with Crippen LogP contribution in [0.4, 0.5) is 0 Å². The summed E-state index contributed by atoms with van der Waals surface area (Å²) in [7, 11) is 1.78. The van der Waals surface area contributed by atoms with Gasteiger partial charge in [0.15, 0.2) is 0 Å². The lowest BCUT2D eigenvalue weighted by molar-refractivity contribution is 0.0868. The van der Waals surface area contributed by atoms with Gasteiger partial charge in [0, 0.05) is 25.7 Å². The van der Waals surface area contributed by atoms with Crippen molar-refractivity contribution >= 4 is 0 Å². The second kappa shape index (κ2) is 8.06. The molecule has 0 aromatic carbocycles. The Morgan fingerprint density at radius 1 is 1.29 bits per heavy atom. The minimum atomic E-state index is 0.404. The molecule has 0 saturated heterocycles. The van der Waals surface area contributed by atoms with Crippen molar-refractivity contribution in [2.24, 2.45) is 11.7 Å². The molecule has 0 bridgehead atoms. The average molecular weight is 242 g/mol. The minimum absolute atomic E-state index is 0.404. The molecule has 0 aromatic heterocycles. The molecule has 3 heteroatoms. The molecule has 0 amide bonds. The molecule has 1 aliphatic rings. The van der Waals surface area contributed by atoms with E-state index >= 15 is 0 Å². The number of nitrogens with two attached hydrogens (primary N) is 1. The smallest absolute Gasteiger partial charge is 0.0615 e. The molecule has 3 nitrogen and oxygen atoms in total. The van der Waals surface area contributed by atoms with Crippen LogP contribution in [0.2, 0.25) is 0 Å². The lowest BCUT2D eigenvalue weighted by Gasteiger charge is -2.33. The SMILES string of the molecule is CCN(CC1CCCCCC1N)C(C)COC. The quantitative estimate of drug-likeness (QED) is 0.726. The van der Waals surface area contributed by atoms with E-state index in [1.807, 2.05) is 0 Å². The zero-order valence-electron chi connectivity index (χ0n) is 11.8. The third-order valence-corrected chi connectivity index (χ3v) is 4.12. The second-order valence-corrected chi connectivity index (χ2v) is 5.45. The number of nitrogens with zero attached hydrogens (tertiary/aromatic N) is 1. The average Bonchev–Trinajstić information content (AvgIpc) is 2.51. The Bertz CT molecular complexity index is 199. The van der Waals surface area contributed by atoms with E-state index in [1.165, 1.54) is 32.1 Å². The Hall–Kier alpha value is -0.120. The Labute approximate surface area is 107 Å². The summed E-state index contributed by atoms with van der Waals surface area (Å²) in [5.41, 5.74) is 6.30. The summed E-state index contributed by atoms with van der Waals surface area (Å²) in [5.74, 6) is 0.678. The van der Waals surface area contributed by atoms with Crippen LogP contribution < -0.4 is 5.73 Å². The number of methoxy groups -OCH3 is 1. The van der Waals surface area contributed by atoms with E-state index in [1.54, 1.807) is 7.11 Å². The summed E-state index contributed by atoms with van der Waals surface area (Å²) in [5, 5.41) is 0. The number of likely N-dealkylation sites (N-methyl/N-ethyl adjacent to an activating group) is 1. The van der Waals surface area contributed by atoms with Crippen molar-refractivity contribution in [3.05, 3.63) is 0 Å². The molecule has 0 aliphatic heterocycles. The Balaban J connectivity index is 2.47. The molecule has 1 rings (SSSR count). The number of ether oxygens (including phenoxy) is 1. The van der Waals surface area contributed by atoms with Gasteiger partial charge in [-0.3, -0.25) is 4.90 Å². The van der Waals surface area contributed by atoms with Gasteiger partial charge in [-0.1, -0.05) is 26.2 Å². The first-order valence-corrected chi connectivity index (χ1v) is 7.17. The van der Waals surface area contributed by atoms with Crippen LogP contribution >= 0.6 is 0 Å². The van der Waals surface area contributed by atoms with Crippen LogP contribution in [0.1, 0.15) is 46.0 Å². The largest absolute Gasteiger partial charge is 0.383 e. The summed E-state index contributed by atoms with van der Waals surface area (Å²) in [6.07, 6.45) is 6.55. The maximum Gasteiger partial charge on any atom is 0.0615 e. The molecule has 0 heterocycles. The van der Waals surface area contributed by atoms with E-state index in [9.17, 15) is 0 Å². The van der Waals surface area contributed by atoms with E-state index in [2.05, 4.69) is 18.7 Å². The number of hydrogen-bond donors (Lipinski definition) is 1. The Morgan fingerprint density at radius 2 is 2.00 bits per heavy atom. The summed E-state index contributed by atoms with van der Waals surface area (Å²) < 4.78 is 5.25. The van der Waals surface area contributed by atoms with Crippen LogP contribution in [0, 0.1) is 5.92 Å². The van der Waals surface area contributed by atoms with Crippen molar-refractivity contribution in [1.29, 1.82) is 0 Å². The third kappa shape index (κ3) is 4.94. The maximum absolute atomic E-state index is 6.30. The van der Waals surface area contributed by atoms with E-state index in [0.29, 0.717) is 18.0 Å². The monoisotopic (exact) mass is 242 g/mol. The molecule has 2 N–H and O–H groups in total. The fraction of sp³-hybridized carbons (Fsp3) is 1.00. The zero-order valence-corrected chi connectivity index (χ0v) is 11.8. The fourth-order valence-corrected chi connectivity index (χ4v) is 2.91. The van der Waals surface area contributed by atoms with Crippen molar-refractivity contribution in [3.63, 3.8) is 0 Å². The second-order valence-electron chi connectivity index (χ2n) is 5.45. The van der Waals surface area contributed by atoms with Crippen molar-refractivity contribution in [2.45, 2.75) is 58.0 Å². The van der Waals surface area contributed by atoms with E-state index in [0.717, 1.165) is 19.7 Å². The molecule has 3 unspecified atom stereocenters. The van der Waals surface area contributed by atoms with Crippen LogP contribution in [0.5, 0.6) is 0 Å². The lowest BCUT2D eigenvalue weighted by atomic mass is 9.94. The van der Waals surface area contributed by atoms with Crippen molar-refractivity contribution in [1.82, 2.24) is 4.90 Å². The molecule has 1 fully saturated rings. The first kappa shape index (κ1) is 14.9. The first-order valence-electron chi connectivity index (χ1n) is 7.17. The molecular formula is C14H30N2O. The van der Waals surface area contributed by atoms with Crippen LogP contribution in [-0.2, 0) is 4.74 Å². The Kier molecular flexibility index (Phi) is 7.09. The van der Waals surface area contributed by atoms with E-state index in [4.69, 9.17) is 10.5 Å². The van der Waals surface area contributed by atoms with Gasteiger partial charge in [0.2, 0.25) is 0 Å². The third-order valence-electron chi connectivity index (χ3n) is 4.12. The van der Waals surface area contributed by atoms with Gasteiger partial charge in [0.1, 0.15) is 0 Å². The molecule has 0 spiro atoms. The zero-order chi connectivity index (χ0) is 12.7. The summed E-state index contributed by atoms with van der Waals surface area (Å²) in [6, 6.07) is 0.904. The van der Waals surface area contributed by atoms with Crippen LogP contribution in [0.25, 0.3) is 0 Å². The van der Waals surface area contributed by atoms with E-state index in [-0.39, 0.29) is 0 Å². The van der Waals surface area contributed by atoms with Gasteiger partial charge in [0.25, 0.3) is 0 Å². The van der Waals surface area contributed by atoms with E-state index < -0.39 is 0 Å². The van der Waals surface area contributed by atoms with Gasteiger partial charge in [-0.15, -0.1) is 0 Å². The minimum Gasteiger partial charge on any atom is -0.383 e. The fourth-order valence-electron chi connectivity index (χ4n) is 2.91. The summed E-state index contributed by atoms with van der Waals surface area (Å²) in [4.78, 5) is 2.51. The lowest BCUT2D eigenvalue weighted by Crippen LogP contribution is -2.44. The Morgan fingerprint density at radius 3 is 2.65 bits per heavy atom. The molecule has 3 atom stereocenters. The highest BCUT2D eigenvalue weighted by molar-refractivity contribution is 4.80. The topological polar surface area (TPSA) is 38.5 Å². The van der Waals surface area contributed by atoms with Crippen molar-refractivity contribution < 1.29 is 4.74 Å². The molecule has 0 radical (unpaired) electrons. The molecule has 102 valence electrons. The van der Waals surface area contributed by atoms with Crippen LogP contribution in [0.15, 0.2) is 0 Å². The molecule has 17 heavy (non-hydrogen) atoms. The number of hydrogen-bond acceptors (Lipinski definition) is 3. The van der Waals surface area contributed by atoms with Gasteiger partial charge in [0.05, 0.1) is 6.61 Å². The van der Waals surface area contributed by atoms with Crippen LogP contribution in [0.3, 0.4) is 0 Å². The molecule has 1 saturated carbocycles. The summed E-state index contributed by atoms with van der Waals surface area (Å²) >= 11 is 0. The summed E-state index contributed by atoms with van der Waals surface area (Å²) in [6.45, 7) is 7.52. The predicted octanol–water partition coefficient (Wildman–Crippen LogP) is 2.25. The standard InChI is InChI=1S/C14H30N2O/c1-4-16(12(2)11-17-3)10-13-8-6-5-7-9-14(13)15/h12-14H,4-11,15H2,1-3H3. The van der Waals surface area contributed by atoms with Gasteiger partial charge in [-0.2, -0.15) is 0 Å². The van der Waals surface area contributed by atoms with Crippen molar-refractivity contribution in [3.8, 4) is 0 Å². The van der Waals surface area contributed by atoms with Gasteiger partial charge < -0.3 is 10.5 Å². The normalized spacial score (nSPS) is 28.1. The highest BCUT2D eigenvalue weighted by atomic mass is 16.5. The predicted molar refractivity (Wildman–Crippen MR) is 73.1 cm³/mol. The highest BCUT2D eigenvalue weighted by Gasteiger charge is 2.24. The van der Waals surface area contributed by atoms with Crippen LogP contribution in [-0.4, -0.2) is 43.8 Å². The molecule has 0 aromatic rings. The molecule has 1 aliphatic carbocycles. The van der Waals surface area contributed by atoms with Gasteiger partial charge in [-0.25, -0.2) is 0 Å². The maximum atomic E-state index is 6.30. The van der Waals surface area contributed by atoms with Gasteiger partial charge >= 0.3 is 0 Å². The highest BCUT2D eigenvalue weighted by Crippen LogP contribution is 2.23.